The molecule has 1 saturated heterocycles. The molecule has 0 saturated carbocycles. The highest BCUT2D eigenvalue weighted by molar-refractivity contribution is 6.33. The van der Waals surface area contributed by atoms with Crippen LogP contribution in [0.3, 0.4) is 0 Å². The van der Waals surface area contributed by atoms with Crippen LogP contribution in [0.1, 0.15) is 32.1 Å². The van der Waals surface area contributed by atoms with Crippen LogP contribution in [0.15, 0.2) is 47.1 Å². The minimum Gasteiger partial charge on any atom is -0.419 e. The number of anilines is 1. The Morgan fingerprint density at radius 2 is 1.90 bits per heavy atom. The molecule has 3 heterocycles. The SMILES string of the molecule is CCCN(Cc1nnc(-c2ccccc2Cl)o1)C(=O)C1CCN(c2ncccn2)CC1. The maximum Gasteiger partial charge on any atom is 0.249 e. The van der Waals surface area contributed by atoms with Gasteiger partial charge in [-0.3, -0.25) is 4.79 Å². The predicted octanol–water partition coefficient (Wildman–Crippen LogP) is 3.84. The molecule has 0 spiro atoms. The summed E-state index contributed by atoms with van der Waals surface area (Å²) in [4.78, 5) is 25.8. The quantitative estimate of drug-likeness (QED) is 0.551. The van der Waals surface area contributed by atoms with Crippen molar-refractivity contribution in [3.8, 4) is 11.5 Å². The van der Waals surface area contributed by atoms with Crippen molar-refractivity contribution >= 4 is 23.5 Å². The maximum atomic E-state index is 13.2. The molecule has 8 nitrogen and oxygen atoms in total. The summed E-state index contributed by atoms with van der Waals surface area (Å²) < 4.78 is 5.81. The average Bonchev–Trinajstić information content (AvgIpc) is 3.27. The minimum absolute atomic E-state index is 0.0301. The highest BCUT2D eigenvalue weighted by Gasteiger charge is 2.30. The number of hydrogen-bond donors (Lipinski definition) is 0. The van der Waals surface area contributed by atoms with Crippen molar-refractivity contribution < 1.29 is 9.21 Å². The summed E-state index contributed by atoms with van der Waals surface area (Å²) in [7, 11) is 0. The van der Waals surface area contributed by atoms with Gasteiger partial charge in [0.1, 0.15) is 0 Å². The Morgan fingerprint density at radius 1 is 1.16 bits per heavy atom. The number of benzene rings is 1. The largest absolute Gasteiger partial charge is 0.419 e. The molecule has 0 unspecified atom stereocenters. The topological polar surface area (TPSA) is 88.3 Å². The van der Waals surface area contributed by atoms with Crippen LogP contribution >= 0.6 is 11.6 Å². The van der Waals surface area contributed by atoms with Crippen molar-refractivity contribution in [1.29, 1.82) is 0 Å². The van der Waals surface area contributed by atoms with Crippen LogP contribution in [0, 0.1) is 5.92 Å². The van der Waals surface area contributed by atoms with E-state index in [-0.39, 0.29) is 11.8 Å². The molecule has 0 aliphatic carbocycles. The molecule has 0 radical (unpaired) electrons. The molecule has 1 amide bonds. The van der Waals surface area contributed by atoms with Crippen molar-refractivity contribution in [1.82, 2.24) is 25.1 Å². The monoisotopic (exact) mass is 440 g/mol. The Balaban J connectivity index is 1.40. The smallest absolute Gasteiger partial charge is 0.249 e. The zero-order valence-electron chi connectivity index (χ0n) is 17.4. The second-order valence-corrected chi connectivity index (χ2v) is 7.96. The van der Waals surface area contributed by atoms with Gasteiger partial charge in [0.25, 0.3) is 0 Å². The summed E-state index contributed by atoms with van der Waals surface area (Å²) >= 11 is 6.23. The molecule has 0 bridgehead atoms. The maximum absolute atomic E-state index is 13.2. The van der Waals surface area contributed by atoms with Crippen LogP contribution in [-0.2, 0) is 11.3 Å². The Morgan fingerprint density at radius 3 is 2.61 bits per heavy atom. The van der Waals surface area contributed by atoms with Gasteiger partial charge >= 0.3 is 0 Å². The van der Waals surface area contributed by atoms with Crippen LogP contribution < -0.4 is 4.90 Å². The third-order valence-electron chi connectivity index (χ3n) is 5.38. The first-order valence-corrected chi connectivity index (χ1v) is 10.9. The van der Waals surface area contributed by atoms with Crippen LogP contribution in [0.25, 0.3) is 11.5 Å². The molecule has 31 heavy (non-hydrogen) atoms. The lowest BCUT2D eigenvalue weighted by molar-refractivity contribution is -0.137. The van der Waals surface area contributed by atoms with Crippen LogP contribution in [0.4, 0.5) is 5.95 Å². The Labute approximate surface area is 186 Å². The zero-order valence-corrected chi connectivity index (χ0v) is 18.2. The molecule has 0 N–H and O–H groups in total. The fourth-order valence-corrected chi connectivity index (χ4v) is 4.02. The van der Waals surface area contributed by atoms with Gasteiger partial charge in [0.15, 0.2) is 0 Å². The van der Waals surface area contributed by atoms with E-state index in [4.69, 9.17) is 16.0 Å². The second kappa shape index (κ2) is 9.87. The summed E-state index contributed by atoms with van der Waals surface area (Å²) in [6.07, 6.45) is 5.87. The molecule has 1 fully saturated rings. The van der Waals surface area contributed by atoms with E-state index in [9.17, 15) is 4.79 Å². The van der Waals surface area contributed by atoms with Gasteiger partial charge < -0.3 is 14.2 Å². The van der Waals surface area contributed by atoms with Crippen molar-refractivity contribution in [3.63, 3.8) is 0 Å². The third-order valence-corrected chi connectivity index (χ3v) is 5.71. The number of hydrogen-bond acceptors (Lipinski definition) is 7. The van der Waals surface area contributed by atoms with Gasteiger partial charge in [-0.1, -0.05) is 30.7 Å². The van der Waals surface area contributed by atoms with E-state index in [1.807, 2.05) is 23.1 Å². The Bertz CT molecular complexity index is 1000. The summed E-state index contributed by atoms with van der Waals surface area (Å²) in [5.41, 5.74) is 0.687. The number of nitrogens with zero attached hydrogens (tertiary/aromatic N) is 6. The van der Waals surface area contributed by atoms with E-state index in [2.05, 4.69) is 32.0 Å². The number of amides is 1. The van der Waals surface area contributed by atoms with Crippen molar-refractivity contribution in [2.75, 3.05) is 24.5 Å². The first-order valence-electron chi connectivity index (χ1n) is 10.5. The van der Waals surface area contributed by atoms with Crippen molar-refractivity contribution in [2.45, 2.75) is 32.7 Å². The molecule has 1 aliphatic heterocycles. The highest BCUT2D eigenvalue weighted by atomic mass is 35.5. The van der Waals surface area contributed by atoms with Gasteiger partial charge in [0.05, 0.1) is 17.1 Å². The number of piperidine rings is 1. The molecule has 3 aromatic rings. The lowest BCUT2D eigenvalue weighted by Crippen LogP contribution is -2.43. The van der Waals surface area contributed by atoms with Gasteiger partial charge in [-0.2, -0.15) is 0 Å². The van der Waals surface area contributed by atoms with Crippen molar-refractivity contribution in [2.24, 2.45) is 5.92 Å². The number of aromatic nitrogens is 4. The van der Waals surface area contributed by atoms with Gasteiger partial charge in [0, 0.05) is 37.9 Å². The molecule has 0 atom stereocenters. The van der Waals surface area contributed by atoms with E-state index in [1.54, 1.807) is 24.5 Å². The summed E-state index contributed by atoms with van der Waals surface area (Å²) in [6, 6.07) is 9.13. The molecular weight excluding hydrogens is 416 g/mol. The van der Waals surface area contributed by atoms with E-state index < -0.39 is 0 Å². The van der Waals surface area contributed by atoms with Crippen LogP contribution in [0.2, 0.25) is 5.02 Å². The van der Waals surface area contributed by atoms with Gasteiger partial charge in [0.2, 0.25) is 23.6 Å². The molecule has 9 heteroatoms. The Hall–Kier alpha value is -3.00. The first-order chi connectivity index (χ1) is 15.2. The first kappa shape index (κ1) is 21.2. The number of rotatable bonds is 7. The Kier molecular flexibility index (Phi) is 6.76. The average molecular weight is 441 g/mol. The van der Waals surface area contributed by atoms with Gasteiger partial charge in [-0.15, -0.1) is 10.2 Å². The van der Waals surface area contributed by atoms with E-state index >= 15 is 0 Å². The molecule has 1 aromatic carbocycles. The van der Waals surface area contributed by atoms with Gasteiger partial charge in [-0.05, 0) is 37.5 Å². The normalized spacial score (nSPS) is 14.6. The van der Waals surface area contributed by atoms with E-state index in [0.29, 0.717) is 35.5 Å². The van der Waals surface area contributed by atoms with Crippen molar-refractivity contribution in [3.05, 3.63) is 53.6 Å². The van der Waals surface area contributed by atoms with Gasteiger partial charge in [-0.25, -0.2) is 9.97 Å². The molecule has 1 aliphatic rings. The van der Waals surface area contributed by atoms with E-state index in [1.165, 1.54) is 0 Å². The van der Waals surface area contributed by atoms with Crippen LogP contribution in [-0.4, -0.2) is 50.6 Å². The predicted molar refractivity (Wildman–Crippen MR) is 117 cm³/mol. The summed E-state index contributed by atoms with van der Waals surface area (Å²) in [5.74, 6) is 1.59. The summed E-state index contributed by atoms with van der Waals surface area (Å²) in [6.45, 7) is 4.52. The lowest BCUT2D eigenvalue weighted by Gasteiger charge is -2.33. The molecule has 162 valence electrons. The lowest BCUT2D eigenvalue weighted by atomic mass is 9.95. The zero-order chi connectivity index (χ0) is 21.6. The minimum atomic E-state index is -0.0301. The number of carbonyl (C=O) groups is 1. The molecule has 4 rings (SSSR count). The summed E-state index contributed by atoms with van der Waals surface area (Å²) in [5, 5.41) is 8.81. The molecular formula is C22H25ClN6O2. The fourth-order valence-electron chi connectivity index (χ4n) is 3.80. The number of carbonyl (C=O) groups excluding carboxylic acids is 1. The second-order valence-electron chi connectivity index (χ2n) is 7.55. The van der Waals surface area contributed by atoms with E-state index in [0.717, 1.165) is 38.3 Å². The molecule has 2 aromatic heterocycles. The standard InChI is InChI=1S/C22H25ClN6O2/c1-2-12-29(15-19-26-27-20(31-19)17-6-3-4-7-18(17)23)21(30)16-8-13-28(14-9-16)22-24-10-5-11-25-22/h3-7,10-11,16H,2,8-9,12-15H2,1H3. The highest BCUT2D eigenvalue weighted by Crippen LogP contribution is 2.27. The third kappa shape index (κ3) is 5.02. The fraction of sp³-hybridized carbons (Fsp3) is 0.409. The van der Waals surface area contributed by atoms with Crippen LogP contribution in [0.5, 0.6) is 0 Å². The number of halogens is 1.